The van der Waals surface area contributed by atoms with E-state index >= 15 is 0 Å². The third-order valence-corrected chi connectivity index (χ3v) is 1.97. The van der Waals surface area contributed by atoms with E-state index in [0.717, 1.165) is 0 Å². The van der Waals surface area contributed by atoms with Crippen LogP contribution in [-0.4, -0.2) is 40.4 Å². The first-order valence-electron chi connectivity index (χ1n) is 3.27. The molecule has 0 aromatic rings. The van der Waals surface area contributed by atoms with Gasteiger partial charge in [-0.3, -0.25) is 0 Å². The third kappa shape index (κ3) is 0.945. The Morgan fingerprint density at radius 3 is 2.60 bits per heavy atom. The highest BCUT2D eigenvalue weighted by molar-refractivity contribution is 5.66. The van der Waals surface area contributed by atoms with Crippen LogP contribution in [0, 0.1) is 5.92 Å². The molecule has 4 nitrogen and oxygen atoms in total. The summed E-state index contributed by atoms with van der Waals surface area (Å²) in [6.45, 7) is 2.42. The maximum Gasteiger partial charge on any atom is 0.407 e. The summed E-state index contributed by atoms with van der Waals surface area (Å²) >= 11 is 0. The number of aliphatic hydroxyl groups excluding tert-OH is 1. The molecule has 0 saturated carbocycles. The van der Waals surface area contributed by atoms with Crippen molar-refractivity contribution in [2.45, 2.75) is 13.0 Å². The summed E-state index contributed by atoms with van der Waals surface area (Å²) in [4.78, 5) is 11.6. The molecular weight excluding hydrogens is 134 g/mol. The molecule has 58 valence electrons. The second kappa shape index (κ2) is 2.46. The van der Waals surface area contributed by atoms with Gasteiger partial charge in [0.2, 0.25) is 0 Å². The summed E-state index contributed by atoms with van der Waals surface area (Å²) in [5, 5.41) is 17.1. The van der Waals surface area contributed by atoms with Crippen molar-refractivity contribution in [3.63, 3.8) is 0 Å². The fraction of sp³-hybridized carbons (Fsp3) is 0.833. The van der Waals surface area contributed by atoms with E-state index in [4.69, 9.17) is 10.2 Å². The number of likely N-dealkylation sites (tertiary alicyclic amines) is 1. The highest BCUT2D eigenvalue weighted by Gasteiger charge is 2.38. The topological polar surface area (TPSA) is 60.8 Å². The molecule has 0 aromatic carbocycles. The Labute approximate surface area is 59.1 Å². The highest BCUT2D eigenvalue weighted by Crippen LogP contribution is 2.23. The Bertz CT molecular complexity index is 148. The van der Waals surface area contributed by atoms with Crippen LogP contribution in [0.1, 0.15) is 6.92 Å². The summed E-state index contributed by atoms with van der Waals surface area (Å²) in [5.74, 6) is 0.307. The van der Waals surface area contributed by atoms with E-state index in [1.165, 1.54) is 4.90 Å². The molecule has 4 heteroatoms. The lowest BCUT2D eigenvalue weighted by Gasteiger charge is -2.43. The molecule has 1 amide bonds. The fourth-order valence-electron chi connectivity index (χ4n) is 1.23. The normalized spacial score (nSPS) is 31.6. The van der Waals surface area contributed by atoms with E-state index in [1.807, 2.05) is 6.92 Å². The van der Waals surface area contributed by atoms with Gasteiger partial charge in [-0.25, -0.2) is 4.79 Å². The minimum absolute atomic E-state index is 0.0620. The monoisotopic (exact) mass is 145 g/mol. The van der Waals surface area contributed by atoms with E-state index in [0.29, 0.717) is 12.5 Å². The van der Waals surface area contributed by atoms with Crippen molar-refractivity contribution in [3.8, 4) is 0 Å². The molecule has 1 rings (SSSR count). The quantitative estimate of drug-likeness (QED) is 0.545. The molecule has 1 aliphatic heterocycles. The molecule has 1 heterocycles. The lowest BCUT2D eigenvalue weighted by atomic mass is 9.92. The highest BCUT2D eigenvalue weighted by atomic mass is 16.4. The second-order valence-corrected chi connectivity index (χ2v) is 2.66. The summed E-state index contributed by atoms with van der Waals surface area (Å²) in [7, 11) is 0. The van der Waals surface area contributed by atoms with Gasteiger partial charge < -0.3 is 15.1 Å². The SMILES string of the molecule is C[C@H]1CN(C(=O)O)[C@@H]1CO. The molecule has 2 N–H and O–H groups in total. The van der Waals surface area contributed by atoms with Crippen molar-refractivity contribution >= 4 is 6.09 Å². The van der Waals surface area contributed by atoms with Gasteiger partial charge in [0.25, 0.3) is 0 Å². The molecule has 0 aromatic heterocycles. The van der Waals surface area contributed by atoms with Crippen LogP contribution < -0.4 is 0 Å². The molecule has 0 bridgehead atoms. The number of carbonyl (C=O) groups is 1. The van der Waals surface area contributed by atoms with Crippen molar-refractivity contribution in [1.29, 1.82) is 0 Å². The molecule has 2 atom stereocenters. The first-order chi connectivity index (χ1) is 4.66. The van der Waals surface area contributed by atoms with Crippen LogP contribution in [0.3, 0.4) is 0 Å². The summed E-state index contributed by atoms with van der Waals surface area (Å²) < 4.78 is 0. The Morgan fingerprint density at radius 2 is 2.40 bits per heavy atom. The van der Waals surface area contributed by atoms with Crippen LogP contribution in [0.5, 0.6) is 0 Å². The Morgan fingerprint density at radius 1 is 1.80 bits per heavy atom. The number of amides is 1. The van der Waals surface area contributed by atoms with Crippen LogP contribution >= 0.6 is 0 Å². The number of aliphatic hydroxyl groups is 1. The van der Waals surface area contributed by atoms with Gasteiger partial charge in [0.05, 0.1) is 12.6 Å². The molecule has 0 spiro atoms. The van der Waals surface area contributed by atoms with Gasteiger partial charge in [0.15, 0.2) is 0 Å². The maximum absolute atomic E-state index is 10.3. The van der Waals surface area contributed by atoms with Gasteiger partial charge in [-0.05, 0) is 5.92 Å². The molecular formula is C6H11NO3. The van der Waals surface area contributed by atoms with Crippen molar-refractivity contribution < 1.29 is 15.0 Å². The van der Waals surface area contributed by atoms with E-state index in [9.17, 15) is 4.79 Å². The molecule has 0 radical (unpaired) electrons. The average Bonchev–Trinajstić information content (AvgIpc) is 1.83. The second-order valence-electron chi connectivity index (χ2n) is 2.66. The zero-order valence-electron chi connectivity index (χ0n) is 5.82. The number of nitrogens with zero attached hydrogens (tertiary/aromatic N) is 1. The van der Waals surface area contributed by atoms with Crippen LogP contribution in [0.4, 0.5) is 4.79 Å². The predicted molar refractivity (Wildman–Crippen MR) is 34.8 cm³/mol. The van der Waals surface area contributed by atoms with Crippen LogP contribution in [0.2, 0.25) is 0 Å². The van der Waals surface area contributed by atoms with Crippen molar-refractivity contribution in [2.24, 2.45) is 5.92 Å². The fourth-order valence-corrected chi connectivity index (χ4v) is 1.23. The lowest BCUT2D eigenvalue weighted by molar-refractivity contribution is 0.000718. The van der Waals surface area contributed by atoms with Gasteiger partial charge in [-0.1, -0.05) is 6.92 Å². The first kappa shape index (κ1) is 7.34. The lowest BCUT2D eigenvalue weighted by Crippen LogP contribution is -2.58. The molecule has 1 saturated heterocycles. The number of hydrogen-bond donors (Lipinski definition) is 2. The molecule has 0 aliphatic carbocycles. The van der Waals surface area contributed by atoms with Gasteiger partial charge in [-0.2, -0.15) is 0 Å². The zero-order chi connectivity index (χ0) is 7.72. The Kier molecular flexibility index (Phi) is 1.80. The summed E-state index contributed by atoms with van der Waals surface area (Å²) in [6.07, 6.45) is -0.933. The number of carboxylic acid groups (broad SMARTS) is 1. The smallest absolute Gasteiger partial charge is 0.407 e. The standard InChI is InChI=1S/C6H11NO3/c1-4-2-7(6(9)10)5(4)3-8/h4-5,8H,2-3H2,1H3,(H,9,10)/t4-,5+/m0/s1. The van der Waals surface area contributed by atoms with Crippen molar-refractivity contribution in [1.82, 2.24) is 4.90 Å². The molecule has 1 aliphatic rings. The third-order valence-electron chi connectivity index (χ3n) is 1.97. The van der Waals surface area contributed by atoms with Crippen LogP contribution in [0.15, 0.2) is 0 Å². The summed E-state index contributed by atoms with van der Waals surface area (Å²) in [5.41, 5.74) is 0. The van der Waals surface area contributed by atoms with Crippen molar-refractivity contribution in [3.05, 3.63) is 0 Å². The van der Waals surface area contributed by atoms with E-state index in [1.54, 1.807) is 0 Å². The molecule has 0 unspecified atom stereocenters. The van der Waals surface area contributed by atoms with Crippen LogP contribution in [-0.2, 0) is 0 Å². The minimum Gasteiger partial charge on any atom is -0.465 e. The zero-order valence-corrected chi connectivity index (χ0v) is 5.82. The van der Waals surface area contributed by atoms with Crippen LogP contribution in [0.25, 0.3) is 0 Å². The Hall–Kier alpha value is -0.770. The van der Waals surface area contributed by atoms with E-state index in [2.05, 4.69) is 0 Å². The van der Waals surface area contributed by atoms with E-state index < -0.39 is 6.09 Å². The number of rotatable bonds is 1. The predicted octanol–water partition coefficient (Wildman–Crippen LogP) is -0.0230. The summed E-state index contributed by atoms with van der Waals surface area (Å²) in [6, 6.07) is -0.169. The maximum atomic E-state index is 10.3. The molecule has 10 heavy (non-hydrogen) atoms. The van der Waals surface area contributed by atoms with E-state index in [-0.39, 0.29) is 12.6 Å². The molecule has 1 fully saturated rings. The first-order valence-corrected chi connectivity index (χ1v) is 3.27. The Balaban J connectivity index is 2.45. The number of hydrogen-bond acceptors (Lipinski definition) is 2. The van der Waals surface area contributed by atoms with Gasteiger partial charge in [0.1, 0.15) is 0 Å². The minimum atomic E-state index is -0.933. The van der Waals surface area contributed by atoms with Crippen molar-refractivity contribution in [2.75, 3.05) is 13.2 Å². The van der Waals surface area contributed by atoms with Gasteiger partial charge in [0, 0.05) is 6.54 Å². The van der Waals surface area contributed by atoms with Gasteiger partial charge in [-0.15, -0.1) is 0 Å². The average molecular weight is 145 g/mol. The largest absolute Gasteiger partial charge is 0.465 e. The van der Waals surface area contributed by atoms with Gasteiger partial charge >= 0.3 is 6.09 Å².